The van der Waals surface area contributed by atoms with Gasteiger partial charge in [-0.3, -0.25) is 9.78 Å². The van der Waals surface area contributed by atoms with E-state index in [0.29, 0.717) is 30.6 Å². The van der Waals surface area contributed by atoms with Gasteiger partial charge in [0.2, 0.25) is 11.8 Å². The Morgan fingerprint density at radius 3 is 3.10 bits per heavy atom. The maximum absolute atomic E-state index is 12.0. The molecule has 0 aliphatic carbocycles. The van der Waals surface area contributed by atoms with Crippen molar-refractivity contribution in [3.63, 3.8) is 0 Å². The molecule has 1 aliphatic heterocycles. The average molecular weight is 287 g/mol. The highest BCUT2D eigenvalue weighted by Gasteiger charge is 2.34. The van der Waals surface area contributed by atoms with Gasteiger partial charge in [-0.25, -0.2) is 4.68 Å². The fraction of sp³-hybridized carbons (Fsp3) is 0.429. The molecule has 2 aromatic heterocycles. The van der Waals surface area contributed by atoms with Gasteiger partial charge in [0.05, 0.1) is 18.6 Å². The van der Waals surface area contributed by atoms with Crippen LogP contribution in [0.2, 0.25) is 0 Å². The molecule has 0 saturated carbocycles. The SMILES string of the molecule is CCOC(=O)C1CNc2nc(-c3ccccn3)nn2C1C. The lowest BCUT2D eigenvalue weighted by atomic mass is 10.0. The van der Waals surface area contributed by atoms with Crippen LogP contribution in [0.4, 0.5) is 5.95 Å². The molecule has 21 heavy (non-hydrogen) atoms. The molecule has 0 aromatic carbocycles. The van der Waals surface area contributed by atoms with E-state index in [0.717, 1.165) is 0 Å². The number of carbonyl (C=O) groups excluding carboxylic acids is 1. The first-order valence-corrected chi connectivity index (χ1v) is 6.99. The third-order valence-corrected chi connectivity index (χ3v) is 3.56. The summed E-state index contributed by atoms with van der Waals surface area (Å²) in [5.74, 6) is 0.729. The molecule has 0 fully saturated rings. The molecule has 110 valence electrons. The van der Waals surface area contributed by atoms with Crippen LogP contribution in [0.5, 0.6) is 0 Å². The number of aromatic nitrogens is 4. The van der Waals surface area contributed by atoms with E-state index in [2.05, 4.69) is 20.4 Å². The molecule has 0 spiro atoms. The first-order valence-electron chi connectivity index (χ1n) is 6.99. The zero-order valence-corrected chi connectivity index (χ0v) is 12.0. The van der Waals surface area contributed by atoms with Gasteiger partial charge in [0, 0.05) is 12.7 Å². The minimum atomic E-state index is -0.268. The molecular formula is C14H17N5O2. The highest BCUT2D eigenvalue weighted by atomic mass is 16.5. The maximum Gasteiger partial charge on any atom is 0.312 e. The van der Waals surface area contributed by atoms with Crippen LogP contribution >= 0.6 is 0 Å². The molecule has 2 aromatic rings. The highest BCUT2D eigenvalue weighted by molar-refractivity contribution is 5.74. The second-order valence-corrected chi connectivity index (χ2v) is 4.90. The lowest BCUT2D eigenvalue weighted by Gasteiger charge is -2.28. The zero-order chi connectivity index (χ0) is 14.8. The Morgan fingerprint density at radius 1 is 1.52 bits per heavy atom. The summed E-state index contributed by atoms with van der Waals surface area (Å²) < 4.78 is 6.84. The van der Waals surface area contributed by atoms with Crippen molar-refractivity contribution in [1.82, 2.24) is 19.7 Å². The number of esters is 1. The molecule has 0 radical (unpaired) electrons. The predicted molar refractivity (Wildman–Crippen MR) is 76.6 cm³/mol. The van der Waals surface area contributed by atoms with E-state index in [4.69, 9.17) is 4.74 Å². The summed E-state index contributed by atoms with van der Waals surface area (Å²) in [4.78, 5) is 20.6. The number of nitrogens with zero attached hydrogens (tertiary/aromatic N) is 4. The van der Waals surface area contributed by atoms with Gasteiger partial charge >= 0.3 is 5.97 Å². The Bertz CT molecular complexity index is 640. The molecule has 1 aliphatic rings. The molecule has 0 bridgehead atoms. The number of pyridine rings is 1. The largest absolute Gasteiger partial charge is 0.466 e. The topological polar surface area (TPSA) is 81.9 Å². The standard InChI is InChI=1S/C14H17N5O2/c1-3-21-13(20)10-8-16-14-17-12(18-19(14)9(10)2)11-6-4-5-7-15-11/h4-7,9-10H,3,8H2,1-2H3,(H,16,17,18). The van der Waals surface area contributed by atoms with Crippen molar-refractivity contribution in [3.05, 3.63) is 24.4 Å². The summed E-state index contributed by atoms with van der Waals surface area (Å²) in [7, 11) is 0. The molecule has 7 heteroatoms. The van der Waals surface area contributed by atoms with Gasteiger partial charge in [-0.05, 0) is 26.0 Å². The van der Waals surface area contributed by atoms with Gasteiger partial charge in [-0.1, -0.05) is 6.07 Å². The van der Waals surface area contributed by atoms with Gasteiger partial charge in [0.1, 0.15) is 5.69 Å². The molecule has 2 atom stereocenters. The molecular weight excluding hydrogens is 270 g/mol. The smallest absolute Gasteiger partial charge is 0.312 e. The van der Waals surface area contributed by atoms with E-state index in [1.165, 1.54) is 0 Å². The van der Waals surface area contributed by atoms with Gasteiger partial charge in [-0.15, -0.1) is 5.10 Å². The third-order valence-electron chi connectivity index (χ3n) is 3.56. The van der Waals surface area contributed by atoms with Crippen LogP contribution in [0.1, 0.15) is 19.9 Å². The first-order chi connectivity index (χ1) is 10.2. The quantitative estimate of drug-likeness (QED) is 0.862. The predicted octanol–water partition coefficient (Wildman–Crippen LogP) is 1.51. The Morgan fingerprint density at radius 2 is 2.38 bits per heavy atom. The van der Waals surface area contributed by atoms with E-state index in [1.807, 2.05) is 25.1 Å². The molecule has 1 N–H and O–H groups in total. The lowest BCUT2D eigenvalue weighted by Crippen LogP contribution is -2.37. The van der Waals surface area contributed by atoms with Crippen molar-refractivity contribution >= 4 is 11.9 Å². The molecule has 7 nitrogen and oxygen atoms in total. The minimum absolute atomic E-state index is 0.106. The highest BCUT2D eigenvalue weighted by Crippen LogP contribution is 2.29. The van der Waals surface area contributed by atoms with Gasteiger partial charge < -0.3 is 10.1 Å². The third kappa shape index (κ3) is 2.46. The van der Waals surface area contributed by atoms with E-state index in [-0.39, 0.29) is 17.9 Å². The molecule has 3 heterocycles. The summed E-state index contributed by atoms with van der Waals surface area (Å²) in [6.07, 6.45) is 1.70. The number of anilines is 1. The number of carbonyl (C=O) groups is 1. The first kappa shape index (κ1) is 13.5. The monoisotopic (exact) mass is 287 g/mol. The normalized spacial score (nSPS) is 20.5. The van der Waals surface area contributed by atoms with E-state index in [1.54, 1.807) is 17.8 Å². The van der Waals surface area contributed by atoms with Crippen molar-refractivity contribution in [2.75, 3.05) is 18.5 Å². The number of ether oxygens (including phenoxy) is 1. The number of rotatable bonds is 3. The summed E-state index contributed by atoms with van der Waals surface area (Å²) >= 11 is 0. The second kappa shape index (κ2) is 5.51. The Kier molecular flexibility index (Phi) is 3.55. The maximum atomic E-state index is 12.0. The Hall–Kier alpha value is -2.44. The van der Waals surface area contributed by atoms with Crippen LogP contribution in [0.3, 0.4) is 0 Å². The van der Waals surface area contributed by atoms with Crippen molar-refractivity contribution < 1.29 is 9.53 Å². The molecule has 2 unspecified atom stereocenters. The van der Waals surface area contributed by atoms with Crippen LogP contribution in [-0.2, 0) is 9.53 Å². The van der Waals surface area contributed by atoms with Crippen molar-refractivity contribution in [2.45, 2.75) is 19.9 Å². The molecule has 0 amide bonds. The van der Waals surface area contributed by atoms with Gasteiger partial charge in [0.25, 0.3) is 0 Å². The van der Waals surface area contributed by atoms with E-state index >= 15 is 0 Å². The molecule has 3 rings (SSSR count). The Balaban J connectivity index is 1.89. The summed E-state index contributed by atoms with van der Waals surface area (Å²) in [5, 5.41) is 7.60. The number of nitrogens with one attached hydrogen (secondary N) is 1. The van der Waals surface area contributed by atoms with Crippen molar-refractivity contribution in [2.24, 2.45) is 5.92 Å². The number of fused-ring (bicyclic) bond motifs is 1. The van der Waals surface area contributed by atoms with E-state index < -0.39 is 0 Å². The summed E-state index contributed by atoms with van der Waals surface area (Å²) in [6, 6.07) is 5.48. The Labute approximate surface area is 122 Å². The van der Waals surface area contributed by atoms with E-state index in [9.17, 15) is 4.79 Å². The summed E-state index contributed by atoms with van der Waals surface area (Å²) in [6.45, 7) is 4.63. The second-order valence-electron chi connectivity index (χ2n) is 4.90. The average Bonchev–Trinajstić information content (AvgIpc) is 2.94. The van der Waals surface area contributed by atoms with Gasteiger partial charge in [-0.2, -0.15) is 4.98 Å². The zero-order valence-electron chi connectivity index (χ0n) is 12.0. The van der Waals surface area contributed by atoms with Crippen LogP contribution in [0, 0.1) is 5.92 Å². The van der Waals surface area contributed by atoms with Crippen LogP contribution in [-0.4, -0.2) is 38.9 Å². The minimum Gasteiger partial charge on any atom is -0.466 e. The van der Waals surface area contributed by atoms with Gasteiger partial charge in [0.15, 0.2) is 0 Å². The van der Waals surface area contributed by atoms with Crippen molar-refractivity contribution in [3.8, 4) is 11.5 Å². The van der Waals surface area contributed by atoms with Crippen molar-refractivity contribution in [1.29, 1.82) is 0 Å². The van der Waals surface area contributed by atoms with Crippen LogP contribution in [0.25, 0.3) is 11.5 Å². The lowest BCUT2D eigenvalue weighted by molar-refractivity contribution is -0.149. The van der Waals surface area contributed by atoms with Crippen LogP contribution < -0.4 is 5.32 Å². The summed E-state index contributed by atoms with van der Waals surface area (Å²) in [5.41, 5.74) is 0.709. The fourth-order valence-corrected chi connectivity index (χ4v) is 2.40. The fourth-order valence-electron chi connectivity index (χ4n) is 2.40. The van der Waals surface area contributed by atoms with Crippen LogP contribution in [0.15, 0.2) is 24.4 Å². The molecule has 0 saturated heterocycles. The number of hydrogen-bond acceptors (Lipinski definition) is 6. The number of hydrogen-bond donors (Lipinski definition) is 1.